The summed E-state index contributed by atoms with van der Waals surface area (Å²) in [6.07, 6.45) is 1.17. The molecule has 0 saturated carbocycles. The van der Waals surface area contributed by atoms with Gasteiger partial charge < -0.3 is 0 Å². The van der Waals surface area contributed by atoms with E-state index in [0.717, 1.165) is 16.7 Å². The molecule has 186 valence electrons. The van der Waals surface area contributed by atoms with E-state index >= 15 is 0 Å². The van der Waals surface area contributed by atoms with E-state index in [1.54, 1.807) is 22.8 Å². The monoisotopic (exact) mass is 509 g/mol. The Morgan fingerprint density at radius 2 is 1.35 bits per heavy atom. The first-order chi connectivity index (χ1) is 17.8. The van der Waals surface area contributed by atoms with Crippen molar-refractivity contribution >= 4 is 26.6 Å². The van der Waals surface area contributed by atoms with Gasteiger partial charge in [-0.2, -0.15) is 0 Å². The van der Waals surface area contributed by atoms with Crippen molar-refractivity contribution in [3.63, 3.8) is 0 Å². The van der Waals surface area contributed by atoms with Gasteiger partial charge in [0.2, 0.25) is 10.0 Å². The van der Waals surface area contributed by atoms with Crippen LogP contribution in [0.3, 0.4) is 0 Å². The molecule has 1 aromatic heterocycles. The van der Waals surface area contributed by atoms with Crippen LogP contribution < -0.4 is 9.86 Å². The lowest BCUT2D eigenvalue weighted by Gasteiger charge is -2.25. The maximum Gasteiger partial charge on any atom is 0.262 e. The van der Waals surface area contributed by atoms with E-state index < -0.39 is 10.0 Å². The number of hydrogen-bond acceptors (Lipinski definition) is 4. The number of anilines is 1. The molecular formula is C30H27N3O3S. The highest BCUT2D eigenvalue weighted by Crippen LogP contribution is 2.28. The van der Waals surface area contributed by atoms with Gasteiger partial charge in [0.25, 0.3) is 5.56 Å². The van der Waals surface area contributed by atoms with E-state index in [9.17, 15) is 13.2 Å². The van der Waals surface area contributed by atoms with Crippen LogP contribution in [-0.2, 0) is 16.6 Å². The lowest BCUT2D eigenvalue weighted by molar-refractivity contribution is 0.596. The third-order valence-electron chi connectivity index (χ3n) is 6.41. The van der Waals surface area contributed by atoms with Crippen LogP contribution in [0.1, 0.15) is 28.6 Å². The predicted octanol–water partition coefficient (Wildman–Crippen LogP) is 5.31. The summed E-state index contributed by atoms with van der Waals surface area (Å²) in [6, 6.07) is 33.7. The number of rotatable bonds is 7. The molecule has 1 heterocycles. The summed E-state index contributed by atoms with van der Waals surface area (Å²) in [6.45, 7) is 1.99. The van der Waals surface area contributed by atoms with Crippen molar-refractivity contribution in [3.05, 3.63) is 142 Å². The molecule has 0 bridgehead atoms. The first-order valence-corrected chi connectivity index (χ1v) is 13.8. The van der Waals surface area contributed by atoms with Gasteiger partial charge in [-0.1, -0.05) is 91.0 Å². The minimum absolute atomic E-state index is 0.162. The molecule has 6 nitrogen and oxygen atoms in total. The summed E-state index contributed by atoms with van der Waals surface area (Å²) in [5.41, 5.74) is 3.48. The zero-order valence-electron chi connectivity index (χ0n) is 20.7. The highest BCUT2D eigenvalue weighted by atomic mass is 32.2. The number of benzene rings is 4. The highest BCUT2D eigenvalue weighted by molar-refractivity contribution is 7.92. The van der Waals surface area contributed by atoms with E-state index in [2.05, 4.69) is 0 Å². The summed E-state index contributed by atoms with van der Waals surface area (Å²) in [7, 11) is -3.61. The smallest absolute Gasteiger partial charge is 0.262 e. The molecule has 0 aliphatic heterocycles. The number of nitrogens with zero attached hydrogens (tertiary/aromatic N) is 3. The van der Waals surface area contributed by atoms with Gasteiger partial charge in [-0.25, -0.2) is 13.4 Å². The Kier molecular flexibility index (Phi) is 6.63. The van der Waals surface area contributed by atoms with Crippen molar-refractivity contribution in [2.24, 2.45) is 0 Å². The molecule has 0 amide bonds. The van der Waals surface area contributed by atoms with Crippen LogP contribution in [0.15, 0.2) is 114 Å². The van der Waals surface area contributed by atoms with Crippen molar-refractivity contribution in [1.29, 1.82) is 0 Å². The summed E-state index contributed by atoms with van der Waals surface area (Å²) >= 11 is 0. The molecule has 37 heavy (non-hydrogen) atoms. The molecule has 0 N–H and O–H groups in total. The fraction of sp³-hybridized carbons (Fsp3) is 0.133. The zero-order valence-corrected chi connectivity index (χ0v) is 21.5. The Morgan fingerprint density at radius 3 is 1.89 bits per heavy atom. The summed E-state index contributed by atoms with van der Waals surface area (Å²) in [5.74, 6) is 0.576. The molecule has 0 saturated heterocycles. The lowest BCUT2D eigenvalue weighted by Crippen LogP contribution is -2.31. The first kappa shape index (κ1) is 24.5. The van der Waals surface area contributed by atoms with Crippen LogP contribution in [0.4, 0.5) is 5.69 Å². The third-order valence-corrected chi connectivity index (χ3v) is 7.55. The predicted molar refractivity (Wildman–Crippen MR) is 148 cm³/mol. The topological polar surface area (TPSA) is 72.3 Å². The maximum atomic E-state index is 14.1. The molecule has 0 fully saturated rings. The van der Waals surface area contributed by atoms with Gasteiger partial charge in [0.15, 0.2) is 0 Å². The van der Waals surface area contributed by atoms with Gasteiger partial charge in [0.05, 0.1) is 35.4 Å². The largest absolute Gasteiger partial charge is 0.285 e. The van der Waals surface area contributed by atoms with Crippen molar-refractivity contribution < 1.29 is 8.42 Å². The van der Waals surface area contributed by atoms with Crippen LogP contribution in [0.5, 0.6) is 0 Å². The van der Waals surface area contributed by atoms with Gasteiger partial charge in [-0.15, -0.1) is 0 Å². The first-order valence-electron chi connectivity index (χ1n) is 12.0. The summed E-state index contributed by atoms with van der Waals surface area (Å²) < 4.78 is 28.6. The fourth-order valence-corrected chi connectivity index (χ4v) is 5.55. The van der Waals surface area contributed by atoms with Crippen LogP contribution in [0.25, 0.3) is 10.9 Å². The van der Waals surface area contributed by atoms with Gasteiger partial charge >= 0.3 is 0 Å². The highest BCUT2D eigenvalue weighted by Gasteiger charge is 2.23. The number of sulfonamides is 1. The average Bonchev–Trinajstić information content (AvgIpc) is 2.90. The molecule has 5 aromatic rings. The van der Waals surface area contributed by atoms with Crippen molar-refractivity contribution in [2.45, 2.75) is 19.5 Å². The van der Waals surface area contributed by atoms with Gasteiger partial charge in [-0.3, -0.25) is 13.7 Å². The normalized spacial score (nSPS) is 11.6. The number of hydrogen-bond donors (Lipinski definition) is 0. The molecule has 0 aliphatic rings. The SMILES string of the molecule is Cc1nc2ccc(N(Cc3ccccc3)S(C)(=O)=O)cc2c(=O)n1C(c1ccccc1)c1ccccc1. The van der Waals surface area contributed by atoms with E-state index in [1.807, 2.05) is 97.9 Å². The second-order valence-corrected chi connectivity index (χ2v) is 10.9. The van der Waals surface area contributed by atoms with Crippen molar-refractivity contribution in [1.82, 2.24) is 9.55 Å². The average molecular weight is 510 g/mol. The Bertz CT molecular complexity index is 1660. The van der Waals surface area contributed by atoms with Gasteiger partial charge in [0.1, 0.15) is 5.82 Å². The maximum absolute atomic E-state index is 14.1. The van der Waals surface area contributed by atoms with Crippen LogP contribution in [0, 0.1) is 6.92 Å². The van der Waals surface area contributed by atoms with Gasteiger partial charge in [-0.05, 0) is 41.8 Å². The van der Waals surface area contributed by atoms with Crippen molar-refractivity contribution in [3.8, 4) is 0 Å². The van der Waals surface area contributed by atoms with Crippen LogP contribution >= 0.6 is 0 Å². The van der Waals surface area contributed by atoms with E-state index in [0.29, 0.717) is 22.4 Å². The second-order valence-electron chi connectivity index (χ2n) is 9.01. The molecule has 0 spiro atoms. The molecule has 0 unspecified atom stereocenters. The quantitative estimate of drug-likeness (QED) is 0.298. The molecule has 5 rings (SSSR count). The van der Waals surface area contributed by atoms with E-state index in [4.69, 9.17) is 4.98 Å². The van der Waals surface area contributed by atoms with Crippen molar-refractivity contribution in [2.75, 3.05) is 10.6 Å². The summed E-state index contributed by atoms with van der Waals surface area (Å²) in [4.78, 5) is 18.8. The Hall–Kier alpha value is -4.23. The lowest BCUT2D eigenvalue weighted by atomic mass is 9.98. The van der Waals surface area contributed by atoms with Crippen LogP contribution in [0.2, 0.25) is 0 Å². The number of aromatic nitrogens is 2. The number of aryl methyl sites for hydroxylation is 1. The molecule has 7 heteroatoms. The molecule has 0 atom stereocenters. The van der Waals surface area contributed by atoms with E-state index in [1.165, 1.54) is 10.6 Å². The molecule has 0 radical (unpaired) electrons. The minimum Gasteiger partial charge on any atom is -0.285 e. The Morgan fingerprint density at radius 1 is 0.811 bits per heavy atom. The standard InChI is InChI=1S/C30H27N3O3S/c1-22-31-28-19-18-26(32(37(2,35)36)21-23-12-6-3-7-13-23)20-27(28)30(34)33(22)29(24-14-8-4-9-15-24)25-16-10-5-11-17-25/h3-20,29H,21H2,1-2H3. The number of fused-ring (bicyclic) bond motifs is 1. The van der Waals surface area contributed by atoms with Gasteiger partial charge in [0, 0.05) is 0 Å². The third kappa shape index (κ3) is 5.04. The Balaban J connectivity index is 1.70. The van der Waals surface area contributed by atoms with Crippen LogP contribution in [-0.4, -0.2) is 24.2 Å². The summed E-state index contributed by atoms with van der Waals surface area (Å²) in [5, 5.41) is 0.363. The second kappa shape index (κ2) is 10.0. The van der Waals surface area contributed by atoms with E-state index in [-0.39, 0.29) is 18.1 Å². The minimum atomic E-state index is -3.61. The Labute approximate surface area is 216 Å². The molecule has 4 aromatic carbocycles. The zero-order chi connectivity index (χ0) is 26.0. The fourth-order valence-electron chi connectivity index (χ4n) is 4.67. The molecular weight excluding hydrogens is 482 g/mol. The molecule has 0 aliphatic carbocycles.